The van der Waals surface area contributed by atoms with E-state index < -0.39 is 0 Å². The van der Waals surface area contributed by atoms with E-state index >= 15 is 0 Å². The number of rotatable bonds is 3. The minimum Gasteiger partial charge on any atom is -0.476 e. The summed E-state index contributed by atoms with van der Waals surface area (Å²) in [6.07, 6.45) is 2.38. The molecule has 1 atom stereocenters. The molecular formula is C13H22Cl2N2O. The van der Waals surface area contributed by atoms with Crippen LogP contribution in [0.25, 0.3) is 0 Å². The Kier molecular flexibility index (Phi) is 8.32. The van der Waals surface area contributed by atoms with Crippen LogP contribution in [0.15, 0.2) is 12.1 Å². The highest BCUT2D eigenvalue weighted by atomic mass is 35.5. The molecule has 5 heteroatoms. The first-order valence-corrected chi connectivity index (χ1v) is 6.14. The van der Waals surface area contributed by atoms with E-state index in [0.29, 0.717) is 12.5 Å². The van der Waals surface area contributed by atoms with Crippen molar-refractivity contribution in [2.75, 3.05) is 13.2 Å². The van der Waals surface area contributed by atoms with E-state index in [1.807, 2.05) is 0 Å². The fraction of sp³-hybridized carbons (Fsp3) is 0.615. The van der Waals surface area contributed by atoms with Gasteiger partial charge in [-0.05, 0) is 18.4 Å². The van der Waals surface area contributed by atoms with E-state index in [1.54, 1.807) is 0 Å². The Balaban J connectivity index is 0.00000144. The molecule has 18 heavy (non-hydrogen) atoms. The molecular weight excluding hydrogens is 271 g/mol. The second-order valence-electron chi connectivity index (χ2n) is 4.42. The average molecular weight is 293 g/mol. The highest BCUT2D eigenvalue weighted by Crippen LogP contribution is 2.24. The number of aromatic nitrogens is 1. The van der Waals surface area contributed by atoms with Gasteiger partial charge in [-0.3, -0.25) is 0 Å². The second kappa shape index (κ2) is 8.57. The lowest BCUT2D eigenvalue weighted by molar-refractivity contribution is 0.312. The topological polar surface area (TPSA) is 34.1 Å². The predicted molar refractivity (Wildman–Crippen MR) is 79.3 cm³/mol. The number of hydrogen-bond donors (Lipinski definition) is 1. The number of pyridine rings is 1. The zero-order chi connectivity index (χ0) is 11.4. The standard InChI is InChI=1S/C13H20N2O.2ClH/c1-3-4-10(2)12-6-5-11-9-14-7-8-16-13(11)15-12;;/h5-6,10,14H,3-4,7-9H2,1-2H3;2*1H. The van der Waals surface area contributed by atoms with E-state index in [4.69, 9.17) is 4.74 Å². The van der Waals surface area contributed by atoms with Crippen molar-refractivity contribution in [3.8, 4) is 5.88 Å². The normalized spacial score (nSPS) is 15.2. The van der Waals surface area contributed by atoms with Crippen LogP contribution in [0.4, 0.5) is 0 Å². The van der Waals surface area contributed by atoms with E-state index in [2.05, 4.69) is 36.3 Å². The molecule has 1 N–H and O–H groups in total. The Morgan fingerprint density at radius 1 is 1.39 bits per heavy atom. The first-order valence-electron chi connectivity index (χ1n) is 6.14. The quantitative estimate of drug-likeness (QED) is 0.928. The highest BCUT2D eigenvalue weighted by Gasteiger charge is 2.13. The van der Waals surface area contributed by atoms with Gasteiger partial charge in [0.15, 0.2) is 0 Å². The van der Waals surface area contributed by atoms with Gasteiger partial charge in [-0.25, -0.2) is 4.98 Å². The number of hydrogen-bond acceptors (Lipinski definition) is 3. The SMILES string of the molecule is CCCC(C)c1ccc2c(n1)OCCNC2.Cl.Cl. The van der Waals surface area contributed by atoms with Crippen LogP contribution in [0, 0.1) is 0 Å². The summed E-state index contributed by atoms with van der Waals surface area (Å²) in [5, 5.41) is 3.31. The summed E-state index contributed by atoms with van der Waals surface area (Å²) in [7, 11) is 0. The molecule has 0 aliphatic carbocycles. The molecule has 1 aromatic rings. The molecule has 0 fully saturated rings. The zero-order valence-corrected chi connectivity index (χ0v) is 12.6. The molecule has 0 spiro atoms. The Hall–Kier alpha value is -0.510. The minimum atomic E-state index is 0. The Labute approximate surface area is 122 Å². The van der Waals surface area contributed by atoms with Crippen LogP contribution in [0.1, 0.15) is 43.9 Å². The van der Waals surface area contributed by atoms with Crippen LogP contribution in [0.2, 0.25) is 0 Å². The van der Waals surface area contributed by atoms with Gasteiger partial charge in [-0.1, -0.05) is 26.3 Å². The molecule has 2 heterocycles. The van der Waals surface area contributed by atoms with Gasteiger partial charge >= 0.3 is 0 Å². The molecule has 0 bridgehead atoms. The Bertz CT molecular complexity index is 361. The van der Waals surface area contributed by atoms with Gasteiger partial charge in [0.25, 0.3) is 0 Å². The fourth-order valence-corrected chi connectivity index (χ4v) is 2.04. The van der Waals surface area contributed by atoms with Crippen molar-refractivity contribution in [1.29, 1.82) is 0 Å². The highest BCUT2D eigenvalue weighted by molar-refractivity contribution is 5.85. The summed E-state index contributed by atoms with van der Waals surface area (Å²) in [6, 6.07) is 4.28. The fourth-order valence-electron chi connectivity index (χ4n) is 2.04. The van der Waals surface area contributed by atoms with E-state index in [-0.39, 0.29) is 24.8 Å². The molecule has 0 saturated carbocycles. The molecule has 0 aromatic carbocycles. The van der Waals surface area contributed by atoms with Gasteiger partial charge < -0.3 is 10.1 Å². The molecule has 0 saturated heterocycles. The lowest BCUT2D eigenvalue weighted by Crippen LogP contribution is -2.16. The van der Waals surface area contributed by atoms with Crippen LogP contribution in [0.3, 0.4) is 0 Å². The van der Waals surface area contributed by atoms with Crippen LogP contribution in [-0.4, -0.2) is 18.1 Å². The predicted octanol–water partition coefficient (Wildman–Crippen LogP) is 3.31. The van der Waals surface area contributed by atoms with Gasteiger partial charge in [0, 0.05) is 24.3 Å². The van der Waals surface area contributed by atoms with Crippen LogP contribution in [0.5, 0.6) is 5.88 Å². The maximum atomic E-state index is 5.64. The maximum absolute atomic E-state index is 5.64. The van der Waals surface area contributed by atoms with Crippen molar-refractivity contribution < 1.29 is 4.74 Å². The molecule has 3 nitrogen and oxygen atoms in total. The smallest absolute Gasteiger partial charge is 0.218 e. The second-order valence-corrected chi connectivity index (χ2v) is 4.42. The molecule has 0 amide bonds. The van der Waals surface area contributed by atoms with Gasteiger partial charge in [-0.2, -0.15) is 0 Å². The third-order valence-corrected chi connectivity index (χ3v) is 3.02. The third kappa shape index (κ3) is 4.30. The van der Waals surface area contributed by atoms with Crippen LogP contribution in [-0.2, 0) is 6.54 Å². The first kappa shape index (κ1) is 17.5. The summed E-state index contributed by atoms with van der Waals surface area (Å²) in [5.74, 6) is 1.35. The lowest BCUT2D eigenvalue weighted by Gasteiger charge is -2.12. The van der Waals surface area contributed by atoms with Gasteiger partial charge in [0.2, 0.25) is 5.88 Å². The summed E-state index contributed by atoms with van der Waals surface area (Å²) in [6.45, 7) is 6.92. The molecule has 104 valence electrons. The third-order valence-electron chi connectivity index (χ3n) is 3.02. The molecule has 0 radical (unpaired) electrons. The van der Waals surface area contributed by atoms with Crippen molar-refractivity contribution in [1.82, 2.24) is 10.3 Å². The van der Waals surface area contributed by atoms with E-state index in [9.17, 15) is 0 Å². The molecule has 2 rings (SSSR count). The first-order chi connectivity index (χ1) is 7.81. The largest absolute Gasteiger partial charge is 0.476 e. The van der Waals surface area contributed by atoms with Crippen molar-refractivity contribution in [3.63, 3.8) is 0 Å². The summed E-state index contributed by atoms with van der Waals surface area (Å²) < 4.78 is 5.64. The number of nitrogens with one attached hydrogen (secondary N) is 1. The Morgan fingerprint density at radius 2 is 2.17 bits per heavy atom. The average Bonchev–Trinajstić information content (AvgIpc) is 2.53. The van der Waals surface area contributed by atoms with Gasteiger partial charge in [-0.15, -0.1) is 24.8 Å². The Morgan fingerprint density at radius 3 is 2.89 bits per heavy atom. The summed E-state index contributed by atoms with van der Waals surface area (Å²) >= 11 is 0. The number of fused-ring (bicyclic) bond motifs is 1. The van der Waals surface area contributed by atoms with Crippen LogP contribution >= 0.6 is 24.8 Å². The van der Waals surface area contributed by atoms with E-state index in [1.165, 1.54) is 18.4 Å². The monoisotopic (exact) mass is 292 g/mol. The zero-order valence-electron chi connectivity index (χ0n) is 10.9. The number of ether oxygens (including phenoxy) is 1. The van der Waals surface area contributed by atoms with Gasteiger partial charge in [0.1, 0.15) is 6.61 Å². The minimum absolute atomic E-state index is 0. The molecule has 1 unspecified atom stereocenters. The van der Waals surface area contributed by atoms with Crippen molar-refractivity contribution >= 4 is 24.8 Å². The maximum Gasteiger partial charge on any atom is 0.218 e. The molecule has 1 aliphatic heterocycles. The number of nitrogens with zero attached hydrogens (tertiary/aromatic N) is 1. The molecule has 1 aromatic heterocycles. The van der Waals surface area contributed by atoms with Crippen molar-refractivity contribution in [3.05, 3.63) is 23.4 Å². The lowest BCUT2D eigenvalue weighted by atomic mass is 10.0. The van der Waals surface area contributed by atoms with Crippen molar-refractivity contribution in [2.24, 2.45) is 0 Å². The number of halogens is 2. The van der Waals surface area contributed by atoms with Crippen molar-refractivity contribution in [2.45, 2.75) is 39.2 Å². The summed E-state index contributed by atoms with van der Waals surface area (Å²) in [4.78, 5) is 4.63. The van der Waals surface area contributed by atoms with Gasteiger partial charge in [0.05, 0.1) is 0 Å². The summed E-state index contributed by atoms with van der Waals surface area (Å²) in [5.41, 5.74) is 2.33. The molecule has 1 aliphatic rings. The van der Waals surface area contributed by atoms with E-state index in [0.717, 1.165) is 24.7 Å². The van der Waals surface area contributed by atoms with Crippen LogP contribution < -0.4 is 10.1 Å².